The lowest BCUT2D eigenvalue weighted by atomic mass is 9.90. The van der Waals surface area contributed by atoms with Gasteiger partial charge < -0.3 is 20.0 Å². The molecule has 0 spiro atoms. The molecule has 164 valence electrons. The van der Waals surface area contributed by atoms with Crippen LogP contribution in [0.15, 0.2) is 30.5 Å². The summed E-state index contributed by atoms with van der Waals surface area (Å²) >= 11 is 6.37. The number of carbonyl (C=O) groups is 2. The lowest BCUT2D eigenvalue weighted by Gasteiger charge is -2.33. The summed E-state index contributed by atoms with van der Waals surface area (Å²) in [6.45, 7) is 4.70. The molecule has 2 aromatic rings. The lowest BCUT2D eigenvalue weighted by Crippen LogP contribution is -2.38. The van der Waals surface area contributed by atoms with Gasteiger partial charge in [0.25, 0.3) is 5.91 Å². The summed E-state index contributed by atoms with van der Waals surface area (Å²) in [5, 5.41) is 20.4. The average Bonchev–Trinajstić information content (AvgIpc) is 3.22. The number of benzene rings is 1. The first-order chi connectivity index (χ1) is 14.6. The highest BCUT2D eigenvalue weighted by molar-refractivity contribution is 6.30. The summed E-state index contributed by atoms with van der Waals surface area (Å²) < 4.78 is 0. The van der Waals surface area contributed by atoms with Crippen LogP contribution in [0.3, 0.4) is 0 Å². The molecule has 1 saturated heterocycles. The molecular formula is C23H26ClN3O4. The number of hydrogen-bond donors (Lipinski definition) is 2. The highest BCUT2D eigenvalue weighted by atomic mass is 35.5. The highest BCUT2D eigenvalue weighted by Gasteiger charge is 2.34. The third kappa shape index (κ3) is 4.25. The molecule has 0 radical (unpaired) electrons. The van der Waals surface area contributed by atoms with E-state index in [1.807, 2.05) is 12.1 Å². The summed E-state index contributed by atoms with van der Waals surface area (Å²) in [4.78, 5) is 32.4. The molecule has 2 aliphatic rings. The lowest BCUT2D eigenvalue weighted by molar-refractivity contribution is 0.0713. The van der Waals surface area contributed by atoms with Gasteiger partial charge in [-0.05, 0) is 74.1 Å². The summed E-state index contributed by atoms with van der Waals surface area (Å²) in [6.07, 6.45) is 2.80. The minimum Gasteiger partial charge on any atom is -0.465 e. The van der Waals surface area contributed by atoms with Crippen molar-refractivity contribution in [1.82, 2.24) is 14.8 Å². The molecular weight excluding hydrogens is 418 g/mol. The van der Waals surface area contributed by atoms with E-state index < -0.39 is 11.7 Å². The van der Waals surface area contributed by atoms with Crippen LogP contribution < -0.4 is 0 Å². The van der Waals surface area contributed by atoms with Gasteiger partial charge in [0, 0.05) is 36.4 Å². The number of rotatable bonds is 3. The van der Waals surface area contributed by atoms with Gasteiger partial charge in [-0.2, -0.15) is 0 Å². The zero-order chi connectivity index (χ0) is 22.3. The number of pyridine rings is 1. The Morgan fingerprint density at radius 2 is 2.00 bits per heavy atom. The van der Waals surface area contributed by atoms with Crippen LogP contribution in [0, 0.1) is 0 Å². The molecule has 0 aliphatic carbocycles. The number of carbonyl (C=O) groups excluding carboxylic acids is 1. The number of carboxylic acid groups (broad SMARTS) is 1. The van der Waals surface area contributed by atoms with Crippen molar-refractivity contribution in [1.29, 1.82) is 0 Å². The van der Waals surface area contributed by atoms with Crippen LogP contribution in [0.4, 0.5) is 4.79 Å². The Kier molecular flexibility index (Phi) is 5.66. The van der Waals surface area contributed by atoms with E-state index in [-0.39, 0.29) is 11.9 Å². The van der Waals surface area contributed by atoms with Gasteiger partial charge in [-0.25, -0.2) is 4.79 Å². The summed E-state index contributed by atoms with van der Waals surface area (Å²) in [6, 6.07) is 6.80. The van der Waals surface area contributed by atoms with Gasteiger partial charge in [-0.15, -0.1) is 0 Å². The van der Waals surface area contributed by atoms with Gasteiger partial charge in [0.15, 0.2) is 0 Å². The number of aromatic nitrogens is 1. The minimum atomic E-state index is -1.14. The normalized spacial score (nSPS) is 18.8. The Morgan fingerprint density at radius 1 is 1.23 bits per heavy atom. The van der Waals surface area contributed by atoms with Crippen molar-refractivity contribution in [2.24, 2.45) is 0 Å². The Labute approximate surface area is 186 Å². The van der Waals surface area contributed by atoms with Crippen molar-refractivity contribution >= 4 is 23.6 Å². The first kappa shape index (κ1) is 21.6. The Morgan fingerprint density at radius 3 is 2.71 bits per heavy atom. The second-order valence-corrected chi connectivity index (χ2v) is 9.17. The van der Waals surface area contributed by atoms with Crippen LogP contribution in [0.25, 0.3) is 0 Å². The number of amides is 2. The molecule has 0 bridgehead atoms. The standard InChI is InChI=1S/C23H26ClN3O4/c1-23(2,31)20-11-15(5-7-25-20)21(28)26-9-6-14-10-16(24)12-17(18(14)13-26)19-4-3-8-27(19)22(29)30/h5,7,10-12,19,31H,3-4,6,8-9,13H2,1-2H3,(H,29,30). The Hall–Kier alpha value is -2.64. The van der Waals surface area contributed by atoms with Crippen molar-refractivity contribution in [3.05, 3.63) is 63.4 Å². The van der Waals surface area contributed by atoms with Crippen molar-refractivity contribution in [3.63, 3.8) is 0 Å². The van der Waals surface area contributed by atoms with E-state index in [1.54, 1.807) is 30.9 Å². The highest BCUT2D eigenvalue weighted by Crippen LogP contribution is 2.38. The van der Waals surface area contributed by atoms with Gasteiger partial charge in [-0.3, -0.25) is 9.78 Å². The van der Waals surface area contributed by atoms with E-state index in [1.165, 1.54) is 11.1 Å². The van der Waals surface area contributed by atoms with Crippen molar-refractivity contribution < 1.29 is 19.8 Å². The van der Waals surface area contributed by atoms with Crippen molar-refractivity contribution in [3.8, 4) is 0 Å². The van der Waals surface area contributed by atoms with E-state index in [4.69, 9.17) is 11.6 Å². The smallest absolute Gasteiger partial charge is 0.407 e. The molecule has 1 atom stereocenters. The van der Waals surface area contributed by atoms with E-state index >= 15 is 0 Å². The fourth-order valence-corrected chi connectivity index (χ4v) is 4.78. The number of likely N-dealkylation sites (tertiary alicyclic amines) is 1. The average molecular weight is 444 g/mol. The predicted octanol–water partition coefficient (Wildman–Crippen LogP) is 3.98. The molecule has 1 unspecified atom stereocenters. The monoisotopic (exact) mass is 443 g/mol. The molecule has 1 aromatic carbocycles. The summed E-state index contributed by atoms with van der Waals surface area (Å²) in [7, 11) is 0. The molecule has 1 fully saturated rings. The third-order valence-electron chi connectivity index (χ3n) is 6.12. The Bertz CT molecular complexity index is 1030. The number of nitrogens with zero attached hydrogens (tertiary/aromatic N) is 3. The SMILES string of the molecule is CC(C)(O)c1cc(C(=O)N2CCc3cc(Cl)cc(C4CCCN4C(=O)O)c3C2)ccn1. The molecule has 3 heterocycles. The molecule has 4 rings (SSSR count). The number of fused-ring (bicyclic) bond motifs is 1. The maximum atomic E-state index is 13.2. The van der Waals surface area contributed by atoms with Crippen LogP contribution >= 0.6 is 11.6 Å². The van der Waals surface area contributed by atoms with E-state index in [0.717, 1.165) is 29.5 Å². The molecule has 31 heavy (non-hydrogen) atoms. The van der Waals surface area contributed by atoms with Crippen molar-refractivity contribution in [2.45, 2.75) is 51.3 Å². The van der Waals surface area contributed by atoms with Crippen LogP contribution in [-0.2, 0) is 18.6 Å². The van der Waals surface area contributed by atoms with Gasteiger partial charge in [-0.1, -0.05) is 11.6 Å². The quantitative estimate of drug-likeness (QED) is 0.748. The maximum Gasteiger partial charge on any atom is 0.407 e. The van der Waals surface area contributed by atoms with Gasteiger partial charge in [0.2, 0.25) is 0 Å². The van der Waals surface area contributed by atoms with Crippen LogP contribution in [0.1, 0.15) is 65.5 Å². The summed E-state index contributed by atoms with van der Waals surface area (Å²) in [5.41, 5.74) is 2.71. The minimum absolute atomic E-state index is 0.138. The molecule has 1 aromatic heterocycles. The second-order valence-electron chi connectivity index (χ2n) is 8.73. The van der Waals surface area contributed by atoms with Crippen LogP contribution in [-0.4, -0.2) is 50.1 Å². The molecule has 2 N–H and O–H groups in total. The van der Waals surface area contributed by atoms with Crippen LogP contribution in [0.2, 0.25) is 5.02 Å². The van der Waals surface area contributed by atoms with E-state index in [2.05, 4.69) is 4.98 Å². The molecule has 2 amide bonds. The number of aliphatic hydroxyl groups is 1. The maximum absolute atomic E-state index is 13.2. The number of halogens is 1. The largest absolute Gasteiger partial charge is 0.465 e. The Balaban J connectivity index is 1.66. The van der Waals surface area contributed by atoms with Gasteiger partial charge in [0.1, 0.15) is 5.60 Å². The topological polar surface area (TPSA) is 94.0 Å². The first-order valence-corrected chi connectivity index (χ1v) is 10.8. The first-order valence-electron chi connectivity index (χ1n) is 10.4. The zero-order valence-corrected chi connectivity index (χ0v) is 18.4. The predicted molar refractivity (Wildman–Crippen MR) is 116 cm³/mol. The molecule has 7 nitrogen and oxygen atoms in total. The molecule has 8 heteroatoms. The van der Waals surface area contributed by atoms with Gasteiger partial charge in [0.05, 0.1) is 11.7 Å². The zero-order valence-electron chi connectivity index (χ0n) is 17.6. The third-order valence-corrected chi connectivity index (χ3v) is 6.34. The van der Waals surface area contributed by atoms with E-state index in [0.29, 0.717) is 42.3 Å². The van der Waals surface area contributed by atoms with Crippen LogP contribution in [0.5, 0.6) is 0 Å². The number of hydrogen-bond acceptors (Lipinski definition) is 4. The van der Waals surface area contributed by atoms with E-state index in [9.17, 15) is 19.8 Å². The molecule has 2 aliphatic heterocycles. The fourth-order valence-electron chi connectivity index (χ4n) is 4.53. The van der Waals surface area contributed by atoms with Gasteiger partial charge >= 0.3 is 6.09 Å². The fraction of sp³-hybridized carbons (Fsp3) is 0.435. The second kappa shape index (κ2) is 8.13. The van der Waals surface area contributed by atoms with Crippen molar-refractivity contribution in [2.75, 3.05) is 13.1 Å². The summed E-state index contributed by atoms with van der Waals surface area (Å²) in [5.74, 6) is -0.138. The molecule has 0 saturated carbocycles.